The summed E-state index contributed by atoms with van der Waals surface area (Å²) in [7, 11) is 0. The molecule has 0 aliphatic heterocycles. The van der Waals surface area contributed by atoms with Crippen molar-refractivity contribution in [2.75, 3.05) is 0 Å². The van der Waals surface area contributed by atoms with Crippen LogP contribution in [0.5, 0.6) is 0 Å². The molecule has 6 rings (SSSR count). The van der Waals surface area contributed by atoms with Crippen molar-refractivity contribution in [3.05, 3.63) is 149 Å². The summed E-state index contributed by atoms with van der Waals surface area (Å²) in [6, 6.07) is 43.6. The van der Waals surface area contributed by atoms with Gasteiger partial charge in [0.05, 0.1) is 5.69 Å². The van der Waals surface area contributed by atoms with Gasteiger partial charge in [0.25, 0.3) is 0 Å². The number of nitrogens with zero attached hydrogens (tertiary/aromatic N) is 1. The number of rotatable bonds is 5. The second-order valence-corrected chi connectivity index (χ2v) is 21.1. The van der Waals surface area contributed by atoms with Crippen LogP contribution in [0.15, 0.2) is 121 Å². The molecule has 0 atom stereocenters. The number of pyridine rings is 1. The van der Waals surface area contributed by atoms with Crippen molar-refractivity contribution < 1.29 is 0 Å². The Balaban J connectivity index is 1.53. The smallest absolute Gasteiger partial charge is 0.0702 e. The molecule has 1 heterocycles. The van der Waals surface area contributed by atoms with Gasteiger partial charge in [0.2, 0.25) is 0 Å². The Morgan fingerprint density at radius 3 is 1.11 bits per heavy atom. The molecular formula is C55H65N. The van der Waals surface area contributed by atoms with Gasteiger partial charge in [-0.1, -0.05) is 189 Å². The summed E-state index contributed by atoms with van der Waals surface area (Å²) in [4.78, 5) is 5.06. The summed E-state index contributed by atoms with van der Waals surface area (Å²) in [5.74, 6) is 0. The molecule has 0 saturated heterocycles. The van der Waals surface area contributed by atoms with Gasteiger partial charge in [-0.15, -0.1) is 0 Å². The van der Waals surface area contributed by atoms with E-state index in [0.29, 0.717) is 0 Å². The zero-order valence-corrected chi connectivity index (χ0v) is 37.0. The molecule has 1 nitrogen and oxygen atoms in total. The molecule has 56 heavy (non-hydrogen) atoms. The Hall–Kier alpha value is -4.75. The highest BCUT2D eigenvalue weighted by Gasteiger charge is 2.28. The molecule has 1 aromatic heterocycles. The van der Waals surface area contributed by atoms with Crippen LogP contribution < -0.4 is 0 Å². The zero-order chi connectivity index (χ0) is 41.0. The summed E-state index contributed by atoms with van der Waals surface area (Å²) in [6.45, 7) is 34.7. The standard InChI is InChI=1S/C55H65N/c1-51(2,3)40-30-39(31-41(32-40)52(4,5)6)49-29-28-38(35-56-49)36-24-26-37(27-25-36)50-45(43-20-16-18-22-47(43)54(10,11)12)33-42(53(7,8)9)34-46(50)44-21-17-19-23-48(44)55(13,14)15/h16-35H,1-15H3. The molecule has 290 valence electrons. The summed E-state index contributed by atoms with van der Waals surface area (Å²) >= 11 is 0. The van der Waals surface area contributed by atoms with Crippen LogP contribution in [0.1, 0.15) is 132 Å². The lowest BCUT2D eigenvalue weighted by atomic mass is 9.74. The van der Waals surface area contributed by atoms with Crippen molar-refractivity contribution in [1.82, 2.24) is 4.98 Å². The maximum atomic E-state index is 5.06. The van der Waals surface area contributed by atoms with Crippen LogP contribution in [0.2, 0.25) is 0 Å². The van der Waals surface area contributed by atoms with Gasteiger partial charge in [-0.25, -0.2) is 0 Å². The summed E-state index contributed by atoms with van der Waals surface area (Å²) in [5, 5.41) is 0. The molecule has 0 N–H and O–H groups in total. The Morgan fingerprint density at radius 2 is 0.714 bits per heavy atom. The summed E-state index contributed by atoms with van der Waals surface area (Å²) < 4.78 is 0. The molecule has 0 spiro atoms. The van der Waals surface area contributed by atoms with Crippen LogP contribution in [0, 0.1) is 0 Å². The molecule has 1 heteroatoms. The monoisotopic (exact) mass is 740 g/mol. The Labute approximate surface area is 339 Å². The third kappa shape index (κ3) is 8.63. The molecule has 0 aliphatic rings. The van der Waals surface area contributed by atoms with Gasteiger partial charge in [0.15, 0.2) is 0 Å². The van der Waals surface area contributed by atoms with Crippen LogP contribution >= 0.6 is 0 Å². The van der Waals surface area contributed by atoms with E-state index in [2.05, 4.69) is 219 Å². The highest BCUT2D eigenvalue weighted by Crippen LogP contribution is 2.48. The van der Waals surface area contributed by atoms with E-state index in [4.69, 9.17) is 4.98 Å². The largest absolute Gasteiger partial charge is 0.256 e. The van der Waals surface area contributed by atoms with E-state index in [0.717, 1.165) is 16.8 Å². The van der Waals surface area contributed by atoms with Gasteiger partial charge in [0, 0.05) is 17.3 Å². The first-order valence-corrected chi connectivity index (χ1v) is 20.5. The topological polar surface area (TPSA) is 12.9 Å². The quantitative estimate of drug-likeness (QED) is 0.172. The second kappa shape index (κ2) is 14.6. The predicted octanol–water partition coefficient (Wildman–Crippen LogP) is 15.9. The molecule has 0 saturated carbocycles. The van der Waals surface area contributed by atoms with Crippen LogP contribution in [0.4, 0.5) is 0 Å². The van der Waals surface area contributed by atoms with E-state index in [1.54, 1.807) is 0 Å². The summed E-state index contributed by atoms with van der Waals surface area (Å²) in [6.07, 6.45) is 2.04. The molecule has 0 unspecified atom stereocenters. The van der Waals surface area contributed by atoms with Crippen molar-refractivity contribution >= 4 is 0 Å². The molecule has 0 fully saturated rings. The minimum Gasteiger partial charge on any atom is -0.256 e. The fourth-order valence-electron chi connectivity index (χ4n) is 7.76. The molecule has 0 bridgehead atoms. The number of hydrogen-bond acceptors (Lipinski definition) is 1. The summed E-state index contributed by atoms with van der Waals surface area (Å²) in [5.41, 5.74) is 18.8. The lowest BCUT2D eigenvalue weighted by molar-refractivity contribution is 0.569. The van der Waals surface area contributed by atoms with Gasteiger partial charge in [-0.3, -0.25) is 4.98 Å². The maximum Gasteiger partial charge on any atom is 0.0702 e. The van der Waals surface area contributed by atoms with E-state index in [-0.39, 0.29) is 27.1 Å². The van der Waals surface area contributed by atoms with Gasteiger partial charge in [-0.05, 0) is 124 Å². The van der Waals surface area contributed by atoms with Gasteiger partial charge in [0.1, 0.15) is 0 Å². The third-order valence-corrected chi connectivity index (χ3v) is 11.3. The van der Waals surface area contributed by atoms with Crippen molar-refractivity contribution in [2.45, 2.75) is 131 Å². The average Bonchev–Trinajstić information content (AvgIpc) is 3.12. The Kier molecular flexibility index (Phi) is 10.7. The highest BCUT2D eigenvalue weighted by atomic mass is 14.7. The predicted molar refractivity (Wildman–Crippen MR) is 245 cm³/mol. The van der Waals surface area contributed by atoms with Crippen LogP contribution in [0.3, 0.4) is 0 Å². The van der Waals surface area contributed by atoms with Crippen molar-refractivity contribution in [1.29, 1.82) is 0 Å². The van der Waals surface area contributed by atoms with Crippen molar-refractivity contribution in [3.63, 3.8) is 0 Å². The van der Waals surface area contributed by atoms with Crippen LogP contribution in [-0.2, 0) is 27.1 Å². The van der Waals surface area contributed by atoms with Gasteiger partial charge < -0.3 is 0 Å². The molecular weight excluding hydrogens is 675 g/mol. The molecule has 6 aromatic rings. The fourth-order valence-corrected chi connectivity index (χ4v) is 7.76. The SMILES string of the molecule is CC(C)(C)c1cc(-c2ccc(-c3ccc(-c4c(-c5ccccc5C(C)(C)C)cc(C(C)(C)C)cc4-c4ccccc4C(C)(C)C)cc3)cn2)cc(C(C)(C)C)c1. The molecule has 0 amide bonds. The molecule has 0 aliphatic carbocycles. The van der Waals surface area contributed by atoms with E-state index < -0.39 is 0 Å². The molecule has 5 aromatic carbocycles. The number of benzene rings is 5. The fraction of sp³-hybridized carbons (Fsp3) is 0.364. The Morgan fingerprint density at radius 1 is 0.321 bits per heavy atom. The van der Waals surface area contributed by atoms with Crippen LogP contribution in [-0.4, -0.2) is 4.98 Å². The second-order valence-electron chi connectivity index (χ2n) is 21.1. The van der Waals surface area contributed by atoms with Crippen molar-refractivity contribution in [2.24, 2.45) is 0 Å². The minimum atomic E-state index is -0.0409. The van der Waals surface area contributed by atoms with Crippen LogP contribution in [0.25, 0.3) is 55.8 Å². The average molecular weight is 740 g/mol. The van der Waals surface area contributed by atoms with Crippen molar-refractivity contribution in [3.8, 4) is 55.8 Å². The first-order chi connectivity index (χ1) is 25.9. The van der Waals surface area contributed by atoms with Gasteiger partial charge >= 0.3 is 0 Å². The normalized spacial score (nSPS) is 12.9. The zero-order valence-electron chi connectivity index (χ0n) is 37.0. The van der Waals surface area contributed by atoms with E-state index in [1.807, 2.05) is 6.20 Å². The first kappa shape index (κ1) is 40.9. The lowest BCUT2D eigenvalue weighted by Gasteiger charge is -2.30. The van der Waals surface area contributed by atoms with E-state index >= 15 is 0 Å². The Bertz CT molecular complexity index is 2220. The van der Waals surface area contributed by atoms with E-state index in [1.165, 1.54) is 66.8 Å². The highest BCUT2D eigenvalue weighted by molar-refractivity contribution is 5.97. The maximum absolute atomic E-state index is 5.06. The first-order valence-electron chi connectivity index (χ1n) is 20.5. The minimum absolute atomic E-state index is 0.0273. The third-order valence-electron chi connectivity index (χ3n) is 11.3. The van der Waals surface area contributed by atoms with E-state index in [9.17, 15) is 0 Å². The van der Waals surface area contributed by atoms with Gasteiger partial charge in [-0.2, -0.15) is 0 Å². The number of hydrogen-bond donors (Lipinski definition) is 0. The number of aromatic nitrogens is 1. The lowest BCUT2D eigenvalue weighted by Crippen LogP contribution is -2.16. The molecule has 0 radical (unpaired) electrons.